The van der Waals surface area contributed by atoms with Gasteiger partial charge in [0.05, 0.1) is 11.5 Å². The van der Waals surface area contributed by atoms with Crippen molar-refractivity contribution < 1.29 is 0 Å². The van der Waals surface area contributed by atoms with Gasteiger partial charge in [-0.25, -0.2) is 0 Å². The number of nitriles is 1. The molecule has 0 saturated carbocycles. The quantitative estimate of drug-likeness (QED) is 0.692. The number of piperidine rings is 1. The molecule has 1 aromatic rings. The molecule has 15 heavy (non-hydrogen) atoms. The maximum Gasteiger partial charge on any atom is 0.0847 e. The summed E-state index contributed by atoms with van der Waals surface area (Å²) in [5.41, 5.74) is 0.836. The standard InChI is InChI=1S/C12H15N3/c1-15-8-4-12(10-13,5-9-15)11-2-6-14-7-3-11/h2-3,6-7H,4-5,8-9H2,1H3. The van der Waals surface area contributed by atoms with Crippen LogP contribution in [0.15, 0.2) is 24.5 Å². The highest BCUT2D eigenvalue weighted by molar-refractivity contribution is 5.31. The number of pyridine rings is 1. The second-order valence-electron chi connectivity index (χ2n) is 4.23. The molecule has 0 spiro atoms. The van der Waals surface area contributed by atoms with Crippen molar-refractivity contribution in [2.45, 2.75) is 18.3 Å². The van der Waals surface area contributed by atoms with E-state index in [4.69, 9.17) is 0 Å². The molecule has 0 aliphatic carbocycles. The van der Waals surface area contributed by atoms with E-state index in [0.29, 0.717) is 0 Å². The Morgan fingerprint density at radius 1 is 1.33 bits per heavy atom. The highest BCUT2D eigenvalue weighted by Crippen LogP contribution is 2.33. The van der Waals surface area contributed by atoms with Crippen LogP contribution >= 0.6 is 0 Å². The van der Waals surface area contributed by atoms with Crippen LogP contribution in [0, 0.1) is 11.3 Å². The molecule has 0 amide bonds. The van der Waals surface area contributed by atoms with Crippen LogP contribution in [-0.4, -0.2) is 30.0 Å². The highest BCUT2D eigenvalue weighted by atomic mass is 15.1. The zero-order chi connectivity index (χ0) is 10.7. The summed E-state index contributed by atoms with van der Waals surface area (Å²) in [4.78, 5) is 6.28. The van der Waals surface area contributed by atoms with Gasteiger partial charge in [-0.05, 0) is 50.7 Å². The molecule has 3 heteroatoms. The summed E-state index contributed by atoms with van der Waals surface area (Å²) in [7, 11) is 2.11. The van der Waals surface area contributed by atoms with Gasteiger partial charge < -0.3 is 4.90 Å². The Labute approximate surface area is 90.4 Å². The Balaban J connectivity index is 2.28. The normalized spacial score (nSPS) is 20.8. The predicted molar refractivity (Wildman–Crippen MR) is 58.3 cm³/mol. The molecule has 0 bridgehead atoms. The van der Waals surface area contributed by atoms with Crippen molar-refractivity contribution in [2.24, 2.45) is 0 Å². The lowest BCUT2D eigenvalue weighted by molar-refractivity contribution is 0.222. The number of rotatable bonds is 1. The van der Waals surface area contributed by atoms with E-state index in [0.717, 1.165) is 31.5 Å². The Hall–Kier alpha value is -1.40. The summed E-state index contributed by atoms with van der Waals surface area (Å²) in [6.45, 7) is 1.99. The lowest BCUT2D eigenvalue weighted by atomic mass is 9.74. The highest BCUT2D eigenvalue weighted by Gasteiger charge is 2.35. The molecule has 1 aliphatic rings. The van der Waals surface area contributed by atoms with E-state index in [2.05, 4.69) is 23.0 Å². The fourth-order valence-electron chi connectivity index (χ4n) is 2.14. The minimum Gasteiger partial charge on any atom is -0.306 e. The lowest BCUT2D eigenvalue weighted by Gasteiger charge is -2.35. The average Bonchev–Trinajstić information content (AvgIpc) is 2.32. The number of hydrogen-bond acceptors (Lipinski definition) is 3. The molecular weight excluding hydrogens is 186 g/mol. The monoisotopic (exact) mass is 201 g/mol. The van der Waals surface area contributed by atoms with Crippen LogP contribution in [0.3, 0.4) is 0 Å². The molecule has 3 nitrogen and oxygen atoms in total. The molecule has 1 aliphatic heterocycles. The van der Waals surface area contributed by atoms with Gasteiger partial charge in [-0.3, -0.25) is 4.98 Å². The van der Waals surface area contributed by atoms with Crippen molar-refractivity contribution in [1.29, 1.82) is 5.26 Å². The summed E-state index contributed by atoms with van der Waals surface area (Å²) in [6.07, 6.45) is 5.38. The first-order chi connectivity index (χ1) is 7.27. The van der Waals surface area contributed by atoms with E-state index in [1.165, 1.54) is 0 Å². The number of hydrogen-bond donors (Lipinski definition) is 0. The fourth-order valence-corrected chi connectivity index (χ4v) is 2.14. The van der Waals surface area contributed by atoms with E-state index in [-0.39, 0.29) is 5.41 Å². The molecule has 0 radical (unpaired) electrons. The predicted octanol–water partition coefficient (Wildman–Crippen LogP) is 1.57. The van der Waals surface area contributed by atoms with Crippen molar-refractivity contribution >= 4 is 0 Å². The number of aromatic nitrogens is 1. The zero-order valence-corrected chi connectivity index (χ0v) is 8.98. The molecule has 0 atom stereocenters. The van der Waals surface area contributed by atoms with E-state index in [9.17, 15) is 5.26 Å². The largest absolute Gasteiger partial charge is 0.306 e. The van der Waals surface area contributed by atoms with Crippen molar-refractivity contribution in [1.82, 2.24) is 9.88 Å². The Kier molecular flexibility index (Phi) is 2.70. The lowest BCUT2D eigenvalue weighted by Crippen LogP contribution is -2.39. The summed E-state index contributed by atoms with van der Waals surface area (Å²) in [6, 6.07) is 6.43. The van der Waals surface area contributed by atoms with Gasteiger partial charge in [0.2, 0.25) is 0 Å². The third-order valence-electron chi connectivity index (χ3n) is 3.29. The second-order valence-corrected chi connectivity index (χ2v) is 4.23. The first-order valence-corrected chi connectivity index (χ1v) is 5.27. The van der Waals surface area contributed by atoms with Crippen molar-refractivity contribution in [3.05, 3.63) is 30.1 Å². The van der Waals surface area contributed by atoms with Crippen molar-refractivity contribution in [3.63, 3.8) is 0 Å². The van der Waals surface area contributed by atoms with Crippen LogP contribution in [-0.2, 0) is 5.41 Å². The van der Waals surface area contributed by atoms with Gasteiger partial charge in [-0.1, -0.05) is 0 Å². The van der Waals surface area contributed by atoms with Gasteiger partial charge in [0.1, 0.15) is 0 Å². The van der Waals surface area contributed by atoms with Gasteiger partial charge in [0, 0.05) is 12.4 Å². The molecule has 0 unspecified atom stereocenters. The maximum absolute atomic E-state index is 9.39. The van der Waals surface area contributed by atoms with Crippen LogP contribution in [0.1, 0.15) is 18.4 Å². The van der Waals surface area contributed by atoms with E-state index >= 15 is 0 Å². The van der Waals surface area contributed by atoms with Crippen LogP contribution in [0.5, 0.6) is 0 Å². The third kappa shape index (κ3) is 1.86. The first-order valence-electron chi connectivity index (χ1n) is 5.27. The van der Waals surface area contributed by atoms with Crippen LogP contribution < -0.4 is 0 Å². The molecule has 0 aromatic carbocycles. The average molecular weight is 201 g/mol. The Morgan fingerprint density at radius 2 is 1.93 bits per heavy atom. The zero-order valence-electron chi connectivity index (χ0n) is 8.98. The maximum atomic E-state index is 9.39. The first kappa shape index (κ1) is 10.1. The van der Waals surface area contributed by atoms with Gasteiger partial charge in [-0.15, -0.1) is 0 Å². The van der Waals surface area contributed by atoms with Crippen LogP contribution in [0.2, 0.25) is 0 Å². The summed E-state index contributed by atoms with van der Waals surface area (Å²) in [5.74, 6) is 0. The molecule has 1 fully saturated rings. The Bertz CT molecular complexity index is 358. The van der Waals surface area contributed by atoms with E-state index in [1.807, 2.05) is 12.1 Å². The summed E-state index contributed by atoms with van der Waals surface area (Å²) in [5, 5.41) is 9.39. The molecule has 0 N–H and O–H groups in total. The Morgan fingerprint density at radius 3 is 2.47 bits per heavy atom. The number of nitrogens with zero attached hydrogens (tertiary/aromatic N) is 3. The molecule has 1 aromatic heterocycles. The van der Waals surface area contributed by atoms with Gasteiger partial charge in [-0.2, -0.15) is 5.26 Å². The van der Waals surface area contributed by atoms with Gasteiger partial charge >= 0.3 is 0 Å². The molecule has 2 heterocycles. The molecular formula is C12H15N3. The third-order valence-corrected chi connectivity index (χ3v) is 3.29. The van der Waals surface area contributed by atoms with Gasteiger partial charge in [0.25, 0.3) is 0 Å². The van der Waals surface area contributed by atoms with Crippen molar-refractivity contribution in [2.75, 3.05) is 20.1 Å². The number of likely N-dealkylation sites (tertiary alicyclic amines) is 1. The van der Waals surface area contributed by atoms with Gasteiger partial charge in [0.15, 0.2) is 0 Å². The van der Waals surface area contributed by atoms with Crippen LogP contribution in [0.25, 0.3) is 0 Å². The minimum atomic E-state index is -0.282. The van der Waals surface area contributed by atoms with Crippen molar-refractivity contribution in [3.8, 4) is 6.07 Å². The minimum absolute atomic E-state index is 0.282. The van der Waals surface area contributed by atoms with E-state index in [1.54, 1.807) is 12.4 Å². The van der Waals surface area contributed by atoms with E-state index < -0.39 is 0 Å². The summed E-state index contributed by atoms with van der Waals surface area (Å²) < 4.78 is 0. The molecule has 1 saturated heterocycles. The topological polar surface area (TPSA) is 39.9 Å². The molecule has 78 valence electrons. The summed E-state index contributed by atoms with van der Waals surface area (Å²) >= 11 is 0. The van der Waals surface area contributed by atoms with Crippen LogP contribution in [0.4, 0.5) is 0 Å². The SMILES string of the molecule is CN1CCC(C#N)(c2ccncc2)CC1. The molecule has 2 rings (SSSR count). The second kappa shape index (κ2) is 4.00. The smallest absolute Gasteiger partial charge is 0.0847 e. The fraction of sp³-hybridized carbons (Fsp3) is 0.500.